The van der Waals surface area contributed by atoms with E-state index in [1.165, 1.54) is 0 Å². The summed E-state index contributed by atoms with van der Waals surface area (Å²) in [6.07, 6.45) is 4.89. The van der Waals surface area contributed by atoms with Gasteiger partial charge in [-0.3, -0.25) is 0 Å². The minimum atomic E-state index is -0.127. The highest BCUT2D eigenvalue weighted by molar-refractivity contribution is 4.81. The maximum Gasteiger partial charge on any atom is 0.147 e. The van der Waals surface area contributed by atoms with Gasteiger partial charge in [-0.25, -0.2) is 0 Å². The van der Waals surface area contributed by atoms with Crippen molar-refractivity contribution in [2.45, 2.75) is 33.3 Å². The highest BCUT2D eigenvalue weighted by Crippen LogP contribution is 2.12. The Kier molecular flexibility index (Phi) is 8.94. The molecule has 0 heterocycles. The molecule has 0 aliphatic carbocycles. The number of ether oxygens (including phenoxy) is 2. The molecule has 3 nitrogen and oxygen atoms in total. The second-order valence-electron chi connectivity index (χ2n) is 3.28. The summed E-state index contributed by atoms with van der Waals surface area (Å²) < 4.78 is 10.5. The predicted octanol–water partition coefficient (Wildman–Crippen LogP) is 1.96. The Hall–Kier alpha value is -0.380. The number of hydrogen-bond acceptors (Lipinski definition) is 3. The number of rotatable bonds is 8. The summed E-state index contributed by atoms with van der Waals surface area (Å²) in [6.45, 7) is 6.92. The molecular weight excluding hydrogens is 180 g/mol. The van der Waals surface area contributed by atoms with E-state index in [4.69, 9.17) is 14.6 Å². The maximum absolute atomic E-state index is 9.09. The van der Waals surface area contributed by atoms with E-state index in [0.717, 1.165) is 6.42 Å². The van der Waals surface area contributed by atoms with Crippen molar-refractivity contribution < 1.29 is 14.6 Å². The SMILES string of the molecule is C/C=C/C[C@@H](C)[C@H](CO)OCOCC. The summed E-state index contributed by atoms with van der Waals surface area (Å²) >= 11 is 0. The zero-order chi connectivity index (χ0) is 10.8. The van der Waals surface area contributed by atoms with Gasteiger partial charge in [-0.15, -0.1) is 0 Å². The van der Waals surface area contributed by atoms with Gasteiger partial charge in [-0.05, 0) is 26.2 Å². The summed E-state index contributed by atoms with van der Waals surface area (Å²) in [5, 5.41) is 9.09. The van der Waals surface area contributed by atoms with Crippen LogP contribution in [-0.2, 0) is 9.47 Å². The summed E-state index contributed by atoms with van der Waals surface area (Å²) in [4.78, 5) is 0. The first kappa shape index (κ1) is 13.6. The van der Waals surface area contributed by atoms with E-state index in [2.05, 4.69) is 13.0 Å². The molecule has 14 heavy (non-hydrogen) atoms. The molecule has 2 atom stereocenters. The number of allylic oxidation sites excluding steroid dienone is 2. The monoisotopic (exact) mass is 202 g/mol. The van der Waals surface area contributed by atoms with Crippen LogP contribution < -0.4 is 0 Å². The predicted molar refractivity (Wildman–Crippen MR) is 57.0 cm³/mol. The van der Waals surface area contributed by atoms with Gasteiger partial charge in [0, 0.05) is 6.61 Å². The van der Waals surface area contributed by atoms with Crippen LogP contribution in [0.4, 0.5) is 0 Å². The van der Waals surface area contributed by atoms with Crippen molar-refractivity contribution in [1.29, 1.82) is 0 Å². The first-order valence-corrected chi connectivity index (χ1v) is 5.17. The van der Waals surface area contributed by atoms with Gasteiger partial charge in [0.2, 0.25) is 0 Å². The van der Waals surface area contributed by atoms with E-state index in [1.54, 1.807) is 0 Å². The van der Waals surface area contributed by atoms with Crippen molar-refractivity contribution in [3.63, 3.8) is 0 Å². The van der Waals surface area contributed by atoms with Gasteiger partial charge in [0.15, 0.2) is 0 Å². The first-order chi connectivity index (χ1) is 6.76. The standard InChI is InChI=1S/C11H22O3/c1-4-6-7-10(3)11(8-12)14-9-13-5-2/h4,6,10-12H,5,7-9H2,1-3H3/b6-4+/t10-,11+/m1/s1. The second-order valence-corrected chi connectivity index (χ2v) is 3.28. The lowest BCUT2D eigenvalue weighted by Crippen LogP contribution is -2.26. The fourth-order valence-corrected chi connectivity index (χ4v) is 1.12. The van der Waals surface area contributed by atoms with Crippen molar-refractivity contribution in [3.05, 3.63) is 12.2 Å². The lowest BCUT2D eigenvalue weighted by Gasteiger charge is -2.21. The molecule has 3 heteroatoms. The van der Waals surface area contributed by atoms with Crippen LogP contribution in [0.2, 0.25) is 0 Å². The van der Waals surface area contributed by atoms with Crippen molar-refractivity contribution in [2.24, 2.45) is 5.92 Å². The number of hydrogen-bond donors (Lipinski definition) is 1. The van der Waals surface area contributed by atoms with E-state index in [9.17, 15) is 0 Å². The van der Waals surface area contributed by atoms with Crippen molar-refractivity contribution in [3.8, 4) is 0 Å². The van der Waals surface area contributed by atoms with E-state index in [-0.39, 0.29) is 19.5 Å². The number of aliphatic hydroxyl groups excluding tert-OH is 1. The van der Waals surface area contributed by atoms with Crippen LogP contribution >= 0.6 is 0 Å². The minimum Gasteiger partial charge on any atom is -0.394 e. The van der Waals surface area contributed by atoms with E-state index < -0.39 is 0 Å². The maximum atomic E-state index is 9.09. The van der Waals surface area contributed by atoms with Crippen LogP contribution in [-0.4, -0.2) is 31.2 Å². The van der Waals surface area contributed by atoms with Gasteiger partial charge in [-0.1, -0.05) is 19.1 Å². The van der Waals surface area contributed by atoms with Crippen LogP contribution in [0.3, 0.4) is 0 Å². The average Bonchev–Trinajstić information content (AvgIpc) is 2.21. The smallest absolute Gasteiger partial charge is 0.147 e. The number of aliphatic hydroxyl groups is 1. The molecular formula is C11H22O3. The van der Waals surface area contributed by atoms with Crippen LogP contribution in [0.1, 0.15) is 27.2 Å². The van der Waals surface area contributed by atoms with Crippen molar-refractivity contribution in [2.75, 3.05) is 20.0 Å². The van der Waals surface area contributed by atoms with Gasteiger partial charge in [0.25, 0.3) is 0 Å². The topological polar surface area (TPSA) is 38.7 Å². The Morgan fingerprint density at radius 3 is 2.64 bits per heavy atom. The Morgan fingerprint density at radius 1 is 1.43 bits per heavy atom. The minimum absolute atomic E-state index is 0.0474. The molecule has 0 amide bonds. The van der Waals surface area contributed by atoms with E-state index >= 15 is 0 Å². The fraction of sp³-hybridized carbons (Fsp3) is 0.818. The Morgan fingerprint density at radius 2 is 2.14 bits per heavy atom. The summed E-state index contributed by atoms with van der Waals surface area (Å²) in [5.41, 5.74) is 0. The molecule has 0 spiro atoms. The Bertz CT molecular complexity index is 145. The van der Waals surface area contributed by atoms with Crippen LogP contribution in [0, 0.1) is 5.92 Å². The lowest BCUT2D eigenvalue weighted by atomic mass is 10.0. The molecule has 0 aromatic rings. The molecule has 0 bridgehead atoms. The Balaban J connectivity index is 3.73. The third-order valence-electron chi connectivity index (χ3n) is 2.13. The molecule has 0 aromatic heterocycles. The summed E-state index contributed by atoms with van der Waals surface area (Å²) in [5.74, 6) is 0.316. The van der Waals surface area contributed by atoms with Crippen LogP contribution in [0.5, 0.6) is 0 Å². The normalized spacial score (nSPS) is 16.0. The molecule has 0 rings (SSSR count). The largest absolute Gasteiger partial charge is 0.394 e. The van der Waals surface area contributed by atoms with Crippen LogP contribution in [0.25, 0.3) is 0 Å². The molecule has 0 radical (unpaired) electrons. The van der Waals surface area contributed by atoms with Crippen molar-refractivity contribution >= 4 is 0 Å². The molecule has 0 aromatic carbocycles. The molecule has 0 aliphatic heterocycles. The fourth-order valence-electron chi connectivity index (χ4n) is 1.12. The molecule has 0 fully saturated rings. The van der Waals surface area contributed by atoms with Gasteiger partial charge in [0.1, 0.15) is 6.79 Å². The third-order valence-corrected chi connectivity index (χ3v) is 2.13. The average molecular weight is 202 g/mol. The first-order valence-electron chi connectivity index (χ1n) is 5.17. The molecule has 0 aliphatic rings. The molecule has 84 valence electrons. The van der Waals surface area contributed by atoms with Crippen LogP contribution in [0.15, 0.2) is 12.2 Å². The summed E-state index contributed by atoms with van der Waals surface area (Å²) in [7, 11) is 0. The second kappa shape index (κ2) is 9.19. The highest BCUT2D eigenvalue weighted by Gasteiger charge is 2.15. The van der Waals surface area contributed by atoms with E-state index in [1.807, 2.05) is 19.9 Å². The van der Waals surface area contributed by atoms with Gasteiger partial charge < -0.3 is 14.6 Å². The van der Waals surface area contributed by atoms with Gasteiger partial charge in [-0.2, -0.15) is 0 Å². The molecule has 1 N–H and O–H groups in total. The van der Waals surface area contributed by atoms with E-state index in [0.29, 0.717) is 12.5 Å². The molecule has 0 saturated carbocycles. The molecule has 0 unspecified atom stereocenters. The molecule has 0 saturated heterocycles. The zero-order valence-corrected chi connectivity index (χ0v) is 9.40. The van der Waals surface area contributed by atoms with Crippen molar-refractivity contribution in [1.82, 2.24) is 0 Å². The highest BCUT2D eigenvalue weighted by atomic mass is 16.7. The zero-order valence-electron chi connectivity index (χ0n) is 9.40. The lowest BCUT2D eigenvalue weighted by molar-refractivity contribution is -0.115. The van der Waals surface area contributed by atoms with Gasteiger partial charge >= 0.3 is 0 Å². The van der Waals surface area contributed by atoms with Gasteiger partial charge in [0.05, 0.1) is 12.7 Å². The Labute approximate surface area is 86.7 Å². The third kappa shape index (κ3) is 6.13. The quantitative estimate of drug-likeness (QED) is 0.371. The summed E-state index contributed by atoms with van der Waals surface area (Å²) in [6, 6.07) is 0.